The zero-order chi connectivity index (χ0) is 25.5. The van der Waals surface area contributed by atoms with E-state index in [1.807, 2.05) is 70.0 Å². The summed E-state index contributed by atoms with van der Waals surface area (Å²) >= 11 is 0. The van der Waals surface area contributed by atoms with Gasteiger partial charge in [0.2, 0.25) is 11.8 Å². The molecule has 0 aliphatic rings. The van der Waals surface area contributed by atoms with Crippen LogP contribution in [0.2, 0.25) is 0 Å². The Morgan fingerprint density at radius 1 is 1.00 bits per heavy atom. The molecule has 0 aliphatic heterocycles. The van der Waals surface area contributed by atoms with E-state index in [4.69, 9.17) is 4.74 Å². The van der Waals surface area contributed by atoms with Crippen LogP contribution < -0.4 is 4.74 Å². The summed E-state index contributed by atoms with van der Waals surface area (Å²) in [4.78, 5) is 30.0. The summed E-state index contributed by atoms with van der Waals surface area (Å²) in [6, 6.07) is 12.1. The fraction of sp³-hybridized carbons (Fsp3) is 0.571. The third-order valence-electron chi connectivity index (χ3n) is 5.69. The Morgan fingerprint density at radius 2 is 1.71 bits per heavy atom. The zero-order valence-electron chi connectivity index (χ0n) is 22.3. The van der Waals surface area contributed by atoms with Crippen molar-refractivity contribution in [2.45, 2.75) is 73.5 Å². The van der Waals surface area contributed by atoms with Crippen LogP contribution in [0.5, 0.6) is 5.75 Å². The molecule has 6 nitrogen and oxygen atoms in total. The van der Waals surface area contributed by atoms with Crippen LogP contribution in [0.15, 0.2) is 42.6 Å². The van der Waals surface area contributed by atoms with Crippen molar-refractivity contribution in [2.75, 3.05) is 20.2 Å². The molecule has 0 bridgehead atoms. The Kier molecular flexibility index (Phi) is 9.77. The summed E-state index contributed by atoms with van der Waals surface area (Å²) in [5.41, 5.74) is 1.80. The Labute approximate surface area is 205 Å². The van der Waals surface area contributed by atoms with Gasteiger partial charge in [-0.05, 0) is 62.4 Å². The number of amides is 2. The lowest BCUT2D eigenvalue weighted by Gasteiger charge is -2.38. The second kappa shape index (κ2) is 12.1. The zero-order valence-corrected chi connectivity index (χ0v) is 22.3. The number of aromatic nitrogens is 1. The largest absolute Gasteiger partial charge is 0.497 e. The van der Waals surface area contributed by atoms with Crippen molar-refractivity contribution >= 4 is 11.8 Å². The molecule has 1 aromatic heterocycles. The van der Waals surface area contributed by atoms with Gasteiger partial charge in [-0.2, -0.15) is 0 Å². The van der Waals surface area contributed by atoms with Crippen LogP contribution in [-0.4, -0.2) is 51.9 Å². The third-order valence-corrected chi connectivity index (χ3v) is 5.69. The fourth-order valence-electron chi connectivity index (χ4n) is 4.00. The van der Waals surface area contributed by atoms with Gasteiger partial charge in [0.05, 0.1) is 20.2 Å². The minimum atomic E-state index is -0.382. The first-order chi connectivity index (χ1) is 15.9. The SMILES string of the molecule is COc1cccc(Cn2cccc2CN(C(=O)CN(CC(C)C)C(=O)CC(C)C)C(C)(C)C)c1. The number of benzene rings is 1. The number of hydrogen-bond acceptors (Lipinski definition) is 3. The van der Waals surface area contributed by atoms with Crippen molar-refractivity contribution in [3.05, 3.63) is 53.9 Å². The van der Waals surface area contributed by atoms with E-state index in [0.717, 1.165) is 17.0 Å². The minimum absolute atomic E-state index is 0.0283. The topological polar surface area (TPSA) is 54.8 Å². The lowest BCUT2D eigenvalue weighted by molar-refractivity contribution is -0.144. The second-order valence-corrected chi connectivity index (χ2v) is 10.9. The first-order valence-corrected chi connectivity index (χ1v) is 12.3. The van der Waals surface area contributed by atoms with E-state index in [2.05, 4.69) is 30.5 Å². The molecule has 0 radical (unpaired) electrons. The molecule has 34 heavy (non-hydrogen) atoms. The van der Waals surface area contributed by atoms with Gasteiger partial charge in [-0.1, -0.05) is 39.8 Å². The van der Waals surface area contributed by atoms with Crippen molar-refractivity contribution in [1.29, 1.82) is 0 Å². The molecule has 0 atom stereocenters. The normalized spacial score (nSPS) is 11.7. The number of carbonyl (C=O) groups is 2. The number of carbonyl (C=O) groups excluding carboxylic acids is 2. The third kappa shape index (κ3) is 8.23. The van der Waals surface area contributed by atoms with Crippen LogP contribution in [0.4, 0.5) is 0 Å². The Bertz CT molecular complexity index is 940. The maximum absolute atomic E-state index is 13.6. The molecule has 0 saturated heterocycles. The van der Waals surface area contributed by atoms with Gasteiger partial charge in [0.15, 0.2) is 0 Å². The summed E-state index contributed by atoms with van der Waals surface area (Å²) in [5, 5.41) is 0. The predicted molar refractivity (Wildman–Crippen MR) is 138 cm³/mol. The van der Waals surface area contributed by atoms with E-state index in [1.54, 1.807) is 12.0 Å². The number of rotatable bonds is 11. The summed E-state index contributed by atoms with van der Waals surface area (Å²) in [6.45, 7) is 16.2. The molecule has 0 aliphatic carbocycles. The van der Waals surface area contributed by atoms with Crippen LogP contribution in [0, 0.1) is 11.8 Å². The summed E-state index contributed by atoms with van der Waals surface area (Å²) in [6.07, 6.45) is 2.50. The molecule has 0 saturated carbocycles. The van der Waals surface area contributed by atoms with E-state index in [1.165, 1.54) is 0 Å². The van der Waals surface area contributed by atoms with Gasteiger partial charge in [0, 0.05) is 36.9 Å². The molecule has 6 heteroatoms. The van der Waals surface area contributed by atoms with E-state index < -0.39 is 0 Å². The van der Waals surface area contributed by atoms with Gasteiger partial charge in [-0.15, -0.1) is 0 Å². The van der Waals surface area contributed by atoms with E-state index in [9.17, 15) is 9.59 Å². The maximum Gasteiger partial charge on any atom is 0.242 e. The fourth-order valence-corrected chi connectivity index (χ4v) is 4.00. The lowest BCUT2D eigenvalue weighted by atomic mass is 10.0. The number of methoxy groups -OCH3 is 1. The van der Waals surface area contributed by atoms with Gasteiger partial charge in [0.1, 0.15) is 5.75 Å². The van der Waals surface area contributed by atoms with Crippen LogP contribution in [-0.2, 0) is 22.7 Å². The number of nitrogens with zero attached hydrogens (tertiary/aromatic N) is 3. The standard InChI is InChI=1S/C28H43N3O3/c1-21(2)15-26(32)30(17-22(3)4)20-27(33)31(28(5,6)7)19-24-12-10-14-29(24)18-23-11-9-13-25(16-23)34-8/h9-14,16,21-22H,15,17-20H2,1-8H3. The quantitative estimate of drug-likeness (QED) is 0.454. The highest BCUT2D eigenvalue weighted by Gasteiger charge is 2.30. The number of ether oxygens (including phenoxy) is 1. The molecule has 0 spiro atoms. The number of hydrogen-bond donors (Lipinski definition) is 0. The first kappa shape index (κ1) is 27.5. The molecule has 0 unspecified atom stereocenters. The monoisotopic (exact) mass is 469 g/mol. The van der Waals surface area contributed by atoms with Crippen molar-refractivity contribution < 1.29 is 14.3 Å². The molecule has 0 fully saturated rings. The molecular formula is C28H43N3O3. The van der Waals surface area contributed by atoms with Crippen molar-refractivity contribution in [1.82, 2.24) is 14.4 Å². The molecule has 2 rings (SSSR count). The highest BCUT2D eigenvalue weighted by molar-refractivity contribution is 5.85. The van der Waals surface area contributed by atoms with E-state index in [0.29, 0.717) is 32.0 Å². The average molecular weight is 470 g/mol. The average Bonchev–Trinajstić information content (AvgIpc) is 3.16. The van der Waals surface area contributed by atoms with Crippen molar-refractivity contribution in [2.24, 2.45) is 11.8 Å². The summed E-state index contributed by atoms with van der Waals surface area (Å²) < 4.78 is 7.52. The van der Waals surface area contributed by atoms with Crippen molar-refractivity contribution in [3.8, 4) is 5.75 Å². The van der Waals surface area contributed by atoms with Gasteiger partial charge < -0.3 is 19.1 Å². The molecule has 0 N–H and O–H groups in total. The summed E-state index contributed by atoms with van der Waals surface area (Å²) in [7, 11) is 1.67. The highest BCUT2D eigenvalue weighted by atomic mass is 16.5. The molecule has 188 valence electrons. The molecule has 1 aromatic carbocycles. The molecular weight excluding hydrogens is 426 g/mol. The Balaban J connectivity index is 2.22. The lowest BCUT2D eigenvalue weighted by Crippen LogP contribution is -2.51. The Hall–Kier alpha value is -2.76. The molecule has 2 amide bonds. The summed E-state index contributed by atoms with van der Waals surface area (Å²) in [5.74, 6) is 1.41. The van der Waals surface area contributed by atoms with Gasteiger partial charge in [-0.25, -0.2) is 0 Å². The second-order valence-electron chi connectivity index (χ2n) is 10.9. The van der Waals surface area contributed by atoms with Crippen LogP contribution >= 0.6 is 0 Å². The van der Waals surface area contributed by atoms with Gasteiger partial charge in [0.25, 0.3) is 0 Å². The van der Waals surface area contributed by atoms with Crippen LogP contribution in [0.25, 0.3) is 0 Å². The van der Waals surface area contributed by atoms with Crippen molar-refractivity contribution in [3.63, 3.8) is 0 Å². The highest BCUT2D eigenvalue weighted by Crippen LogP contribution is 2.21. The Morgan fingerprint density at radius 3 is 2.29 bits per heavy atom. The molecule has 1 heterocycles. The minimum Gasteiger partial charge on any atom is -0.497 e. The molecule has 2 aromatic rings. The van der Waals surface area contributed by atoms with E-state index in [-0.39, 0.29) is 29.8 Å². The smallest absolute Gasteiger partial charge is 0.242 e. The maximum atomic E-state index is 13.6. The van der Waals surface area contributed by atoms with Crippen LogP contribution in [0.1, 0.15) is 66.1 Å². The van der Waals surface area contributed by atoms with Crippen LogP contribution in [0.3, 0.4) is 0 Å². The predicted octanol–water partition coefficient (Wildman–Crippen LogP) is 5.20. The van der Waals surface area contributed by atoms with E-state index >= 15 is 0 Å². The first-order valence-electron chi connectivity index (χ1n) is 12.3. The van der Waals surface area contributed by atoms with Gasteiger partial charge >= 0.3 is 0 Å². The van der Waals surface area contributed by atoms with Gasteiger partial charge in [-0.3, -0.25) is 9.59 Å².